The topological polar surface area (TPSA) is 65.9 Å². The third-order valence-electron chi connectivity index (χ3n) is 3.84. The van der Waals surface area contributed by atoms with E-state index in [0.717, 1.165) is 50.8 Å². The van der Waals surface area contributed by atoms with E-state index < -0.39 is 11.9 Å². The summed E-state index contributed by atoms with van der Waals surface area (Å²) in [6.45, 7) is 8.36. The van der Waals surface area contributed by atoms with Crippen molar-refractivity contribution >= 4 is 17.5 Å². The molecule has 1 fully saturated rings. The summed E-state index contributed by atoms with van der Waals surface area (Å²) in [6.07, 6.45) is 2.81. The molecule has 1 aromatic heterocycles. The molecule has 0 bridgehead atoms. The maximum Gasteiger partial charge on any atom is 0.308 e. The summed E-state index contributed by atoms with van der Waals surface area (Å²) < 4.78 is 5.35. The van der Waals surface area contributed by atoms with E-state index >= 15 is 0 Å². The number of hydrogen-bond donors (Lipinski definition) is 1. The van der Waals surface area contributed by atoms with Gasteiger partial charge >= 0.3 is 5.97 Å². The second-order valence-corrected chi connectivity index (χ2v) is 5.66. The number of nitrogens with zero attached hydrogens (tertiary/aromatic N) is 3. The number of anilines is 2. The van der Waals surface area contributed by atoms with Crippen LogP contribution in [-0.2, 0) is 9.53 Å². The third-order valence-corrected chi connectivity index (χ3v) is 3.84. The van der Waals surface area contributed by atoms with E-state index in [4.69, 9.17) is 9.84 Å². The minimum Gasteiger partial charge on any atom is -0.481 e. The normalized spacial score (nSPS) is 16.4. The predicted octanol–water partition coefficient (Wildman–Crippen LogP) is 1.86. The Hall–Kier alpha value is -1.82. The Bertz CT molecular complexity index is 472. The van der Waals surface area contributed by atoms with Gasteiger partial charge in [-0.25, -0.2) is 4.98 Å². The highest BCUT2D eigenvalue weighted by Gasteiger charge is 2.17. The molecule has 0 saturated carbocycles. The lowest BCUT2D eigenvalue weighted by atomic mass is 10.1. The van der Waals surface area contributed by atoms with Crippen LogP contribution in [0.4, 0.5) is 11.5 Å². The summed E-state index contributed by atoms with van der Waals surface area (Å²) in [5, 5.41) is 9.10. The Balaban J connectivity index is 2.06. The fourth-order valence-electron chi connectivity index (χ4n) is 2.55. The van der Waals surface area contributed by atoms with Crippen molar-refractivity contribution in [1.29, 1.82) is 0 Å². The first-order valence-electron chi connectivity index (χ1n) is 7.88. The molecular weight excluding hydrogens is 282 g/mol. The fraction of sp³-hybridized carbons (Fsp3) is 0.625. The van der Waals surface area contributed by atoms with Crippen LogP contribution in [0, 0.1) is 5.92 Å². The Morgan fingerprint density at radius 2 is 2.18 bits per heavy atom. The first-order valence-corrected chi connectivity index (χ1v) is 7.88. The minimum absolute atomic E-state index is 0.398. The van der Waals surface area contributed by atoms with Gasteiger partial charge in [-0.1, -0.05) is 13.8 Å². The average molecular weight is 307 g/mol. The minimum atomic E-state index is -0.765. The van der Waals surface area contributed by atoms with Crippen molar-refractivity contribution in [2.75, 3.05) is 49.2 Å². The van der Waals surface area contributed by atoms with Crippen LogP contribution in [-0.4, -0.2) is 55.5 Å². The molecule has 1 aliphatic heterocycles. The standard InChI is InChI=1S/C16H25N3O3/c1-3-6-19(12-13(2)16(20)21)14-4-5-15(17-11-14)18-7-9-22-10-8-18/h4-5,11,13H,3,6-10,12H2,1-2H3,(H,20,21). The second-order valence-electron chi connectivity index (χ2n) is 5.66. The number of carbonyl (C=O) groups is 1. The number of carboxylic acids is 1. The molecule has 1 unspecified atom stereocenters. The molecule has 22 heavy (non-hydrogen) atoms. The van der Waals surface area contributed by atoms with Gasteiger partial charge in [-0.3, -0.25) is 4.79 Å². The Labute approximate surface area is 131 Å². The van der Waals surface area contributed by atoms with Crippen LogP contribution >= 0.6 is 0 Å². The van der Waals surface area contributed by atoms with E-state index in [-0.39, 0.29) is 0 Å². The maximum atomic E-state index is 11.1. The van der Waals surface area contributed by atoms with Crippen LogP contribution in [0.1, 0.15) is 20.3 Å². The number of aliphatic carboxylic acids is 1. The van der Waals surface area contributed by atoms with Crippen LogP contribution in [0.2, 0.25) is 0 Å². The van der Waals surface area contributed by atoms with Crippen molar-refractivity contribution in [2.45, 2.75) is 20.3 Å². The summed E-state index contributed by atoms with van der Waals surface area (Å²) >= 11 is 0. The van der Waals surface area contributed by atoms with Gasteiger partial charge in [-0.05, 0) is 18.6 Å². The van der Waals surface area contributed by atoms with E-state index in [1.54, 1.807) is 6.92 Å². The van der Waals surface area contributed by atoms with Crippen LogP contribution in [0.15, 0.2) is 18.3 Å². The molecule has 6 nitrogen and oxygen atoms in total. The van der Waals surface area contributed by atoms with Crippen molar-refractivity contribution in [3.63, 3.8) is 0 Å². The van der Waals surface area contributed by atoms with Crippen LogP contribution in [0.25, 0.3) is 0 Å². The highest BCUT2D eigenvalue weighted by Crippen LogP contribution is 2.20. The molecule has 1 N–H and O–H groups in total. The highest BCUT2D eigenvalue weighted by atomic mass is 16.5. The molecule has 6 heteroatoms. The van der Waals surface area contributed by atoms with Gasteiger partial charge in [-0.2, -0.15) is 0 Å². The zero-order valence-electron chi connectivity index (χ0n) is 13.4. The molecule has 122 valence electrons. The van der Waals surface area contributed by atoms with Crippen molar-refractivity contribution in [3.05, 3.63) is 18.3 Å². The smallest absolute Gasteiger partial charge is 0.308 e. The lowest BCUT2D eigenvalue weighted by Gasteiger charge is -2.29. The fourth-order valence-corrected chi connectivity index (χ4v) is 2.55. The second kappa shape index (κ2) is 7.98. The largest absolute Gasteiger partial charge is 0.481 e. The molecule has 1 aromatic rings. The number of rotatable bonds is 7. The molecule has 2 rings (SSSR count). The van der Waals surface area contributed by atoms with Gasteiger partial charge in [0.1, 0.15) is 5.82 Å². The monoisotopic (exact) mass is 307 g/mol. The third kappa shape index (κ3) is 4.34. The molecule has 0 amide bonds. The number of carboxylic acid groups (broad SMARTS) is 1. The quantitative estimate of drug-likeness (QED) is 0.829. The molecule has 1 saturated heterocycles. The first kappa shape index (κ1) is 16.5. The van der Waals surface area contributed by atoms with Gasteiger partial charge in [0.05, 0.1) is 31.0 Å². The maximum absolute atomic E-state index is 11.1. The predicted molar refractivity (Wildman–Crippen MR) is 86.6 cm³/mol. The summed E-state index contributed by atoms with van der Waals surface area (Å²) in [4.78, 5) is 19.9. The highest BCUT2D eigenvalue weighted by molar-refractivity contribution is 5.70. The Kier molecular flexibility index (Phi) is 6.00. The van der Waals surface area contributed by atoms with Crippen molar-refractivity contribution < 1.29 is 14.6 Å². The number of ether oxygens (including phenoxy) is 1. The van der Waals surface area contributed by atoms with Gasteiger partial charge < -0.3 is 19.6 Å². The van der Waals surface area contributed by atoms with Gasteiger partial charge in [0.15, 0.2) is 0 Å². The number of hydrogen-bond acceptors (Lipinski definition) is 5. The lowest BCUT2D eigenvalue weighted by Crippen LogP contribution is -2.37. The van der Waals surface area contributed by atoms with E-state index in [9.17, 15) is 4.79 Å². The van der Waals surface area contributed by atoms with Crippen molar-refractivity contribution in [2.24, 2.45) is 5.92 Å². The molecular formula is C16H25N3O3. The summed E-state index contributed by atoms with van der Waals surface area (Å²) in [5.41, 5.74) is 0.979. The average Bonchev–Trinajstić information content (AvgIpc) is 2.55. The van der Waals surface area contributed by atoms with E-state index in [2.05, 4.69) is 21.7 Å². The number of morpholine rings is 1. The van der Waals surface area contributed by atoms with Crippen LogP contribution in [0.3, 0.4) is 0 Å². The van der Waals surface area contributed by atoms with Gasteiger partial charge in [0.25, 0.3) is 0 Å². The Morgan fingerprint density at radius 3 is 2.73 bits per heavy atom. The summed E-state index contributed by atoms with van der Waals surface area (Å²) in [7, 11) is 0. The summed E-state index contributed by atoms with van der Waals surface area (Å²) in [5.74, 6) is -0.209. The Morgan fingerprint density at radius 1 is 1.45 bits per heavy atom. The zero-order chi connectivity index (χ0) is 15.9. The number of aromatic nitrogens is 1. The number of pyridine rings is 1. The van der Waals surface area contributed by atoms with Gasteiger partial charge in [0, 0.05) is 26.2 Å². The van der Waals surface area contributed by atoms with E-state index in [1.807, 2.05) is 18.3 Å². The molecule has 2 heterocycles. The zero-order valence-corrected chi connectivity index (χ0v) is 13.4. The van der Waals surface area contributed by atoms with Crippen LogP contribution in [0.5, 0.6) is 0 Å². The molecule has 0 aliphatic carbocycles. The molecule has 0 radical (unpaired) electrons. The molecule has 0 spiro atoms. The molecule has 1 aliphatic rings. The van der Waals surface area contributed by atoms with E-state index in [0.29, 0.717) is 6.54 Å². The van der Waals surface area contributed by atoms with Crippen molar-refractivity contribution in [3.8, 4) is 0 Å². The van der Waals surface area contributed by atoms with Gasteiger partial charge in [0.2, 0.25) is 0 Å². The first-order chi connectivity index (χ1) is 10.6. The van der Waals surface area contributed by atoms with Crippen molar-refractivity contribution in [1.82, 2.24) is 4.98 Å². The van der Waals surface area contributed by atoms with Gasteiger partial charge in [-0.15, -0.1) is 0 Å². The molecule has 0 aromatic carbocycles. The summed E-state index contributed by atoms with van der Waals surface area (Å²) in [6, 6.07) is 4.04. The van der Waals surface area contributed by atoms with Crippen LogP contribution < -0.4 is 9.80 Å². The lowest BCUT2D eigenvalue weighted by molar-refractivity contribution is -0.140. The van der Waals surface area contributed by atoms with E-state index in [1.165, 1.54) is 0 Å². The SMILES string of the molecule is CCCN(CC(C)C(=O)O)c1ccc(N2CCOCC2)nc1. The molecule has 1 atom stereocenters.